The van der Waals surface area contributed by atoms with Crippen molar-refractivity contribution in [3.63, 3.8) is 0 Å². The second kappa shape index (κ2) is 7.19. The van der Waals surface area contributed by atoms with Crippen molar-refractivity contribution >= 4 is 11.9 Å². The molecule has 88 valence electrons. The summed E-state index contributed by atoms with van der Waals surface area (Å²) in [6, 6.07) is -0.946. The highest BCUT2D eigenvalue weighted by atomic mass is 16.4. The fourth-order valence-corrected chi connectivity index (χ4v) is 1.04. The van der Waals surface area contributed by atoms with Crippen molar-refractivity contribution in [1.29, 1.82) is 0 Å². The lowest BCUT2D eigenvalue weighted by Crippen LogP contribution is -2.44. The maximum absolute atomic E-state index is 11.0. The first kappa shape index (κ1) is 13.9. The van der Waals surface area contributed by atoms with Crippen LogP contribution in [-0.4, -0.2) is 40.8 Å². The molecule has 0 aromatic rings. The van der Waals surface area contributed by atoms with Crippen LogP contribution in [0.2, 0.25) is 0 Å². The van der Waals surface area contributed by atoms with Gasteiger partial charge in [-0.15, -0.1) is 0 Å². The summed E-state index contributed by atoms with van der Waals surface area (Å²) in [5.74, 6) is -1.77. The van der Waals surface area contributed by atoms with Gasteiger partial charge in [0.25, 0.3) is 0 Å². The predicted octanol–water partition coefficient (Wildman–Crippen LogP) is -0.934. The number of carbonyl (C=O) groups is 2. The van der Waals surface area contributed by atoms with E-state index in [-0.39, 0.29) is 0 Å². The first-order chi connectivity index (χ1) is 6.99. The summed E-state index contributed by atoms with van der Waals surface area (Å²) in [5.41, 5.74) is 5.27. The van der Waals surface area contributed by atoms with Crippen molar-refractivity contribution in [1.82, 2.24) is 5.32 Å². The second-order valence-electron chi connectivity index (χ2n) is 3.36. The van der Waals surface area contributed by atoms with Crippen LogP contribution >= 0.6 is 0 Å². The summed E-state index contributed by atoms with van der Waals surface area (Å²) in [5, 5.41) is 19.9. The zero-order valence-electron chi connectivity index (χ0n) is 8.77. The van der Waals surface area contributed by atoms with Crippen LogP contribution in [0.5, 0.6) is 0 Å². The molecule has 0 saturated heterocycles. The minimum absolute atomic E-state index is 0.324. The number of carboxylic acids is 1. The van der Waals surface area contributed by atoms with Gasteiger partial charge in [0.15, 0.2) is 0 Å². The quantitative estimate of drug-likeness (QED) is 0.412. The Balaban J connectivity index is 4.05. The first-order valence-corrected chi connectivity index (χ1v) is 4.90. The van der Waals surface area contributed by atoms with Gasteiger partial charge in [0.05, 0.1) is 0 Å². The number of carbonyl (C=O) groups excluding carboxylic acids is 1. The Morgan fingerprint density at radius 3 is 2.40 bits per heavy atom. The van der Waals surface area contributed by atoms with Crippen molar-refractivity contribution in [3.05, 3.63) is 0 Å². The Morgan fingerprint density at radius 2 is 2.00 bits per heavy atom. The van der Waals surface area contributed by atoms with E-state index in [1.165, 1.54) is 6.92 Å². The number of carboxylic acid groups (broad SMARTS) is 1. The number of nitrogens with two attached hydrogens (primary N) is 1. The zero-order chi connectivity index (χ0) is 11.8. The van der Waals surface area contributed by atoms with Crippen LogP contribution in [0.1, 0.15) is 26.2 Å². The van der Waals surface area contributed by atoms with Crippen molar-refractivity contribution in [3.8, 4) is 0 Å². The molecular weight excluding hydrogens is 200 g/mol. The van der Waals surface area contributed by atoms with E-state index in [4.69, 9.17) is 15.9 Å². The molecule has 0 aliphatic rings. The number of aliphatic carboxylic acids is 1. The molecule has 0 saturated carbocycles. The minimum atomic E-state index is -1.19. The number of unbranched alkanes of at least 4 members (excludes halogenated alkanes) is 1. The standard InChI is InChI=1S/C9H18N2O4/c1-6(12)8(13)11-7(9(14)15)4-2-3-5-10/h6-7,12H,2-5,10H2,1H3,(H,11,13)(H,14,15)/t6-,7+/m1/s1. The number of aliphatic hydroxyl groups is 1. The molecule has 6 heteroatoms. The molecule has 0 heterocycles. The molecule has 0 spiro atoms. The molecule has 0 aromatic heterocycles. The smallest absolute Gasteiger partial charge is 0.326 e. The Hall–Kier alpha value is -1.14. The van der Waals surface area contributed by atoms with Crippen molar-refractivity contribution in [2.75, 3.05) is 6.54 Å². The van der Waals surface area contributed by atoms with E-state index in [0.717, 1.165) is 0 Å². The van der Waals surface area contributed by atoms with Gasteiger partial charge in [0, 0.05) is 0 Å². The lowest BCUT2D eigenvalue weighted by Gasteiger charge is -2.15. The second-order valence-corrected chi connectivity index (χ2v) is 3.36. The normalized spacial score (nSPS) is 14.3. The molecule has 6 nitrogen and oxygen atoms in total. The van der Waals surface area contributed by atoms with E-state index in [2.05, 4.69) is 5.32 Å². The van der Waals surface area contributed by atoms with Crippen molar-refractivity contribution < 1.29 is 19.8 Å². The van der Waals surface area contributed by atoms with Gasteiger partial charge in [-0.25, -0.2) is 4.79 Å². The Labute approximate surface area is 88.5 Å². The van der Waals surface area contributed by atoms with Crippen LogP contribution in [0.3, 0.4) is 0 Å². The molecule has 0 aliphatic heterocycles. The molecule has 5 N–H and O–H groups in total. The molecule has 0 rings (SSSR count). The van der Waals surface area contributed by atoms with Crippen molar-refractivity contribution in [2.45, 2.75) is 38.3 Å². The largest absolute Gasteiger partial charge is 0.480 e. The third kappa shape index (κ3) is 6.03. The van der Waals surface area contributed by atoms with Gasteiger partial charge in [-0.2, -0.15) is 0 Å². The predicted molar refractivity (Wildman–Crippen MR) is 54.2 cm³/mol. The van der Waals surface area contributed by atoms with E-state index in [1.54, 1.807) is 0 Å². The molecule has 0 fully saturated rings. The summed E-state index contributed by atoms with van der Waals surface area (Å²) in [6.07, 6.45) is 0.480. The summed E-state index contributed by atoms with van der Waals surface area (Å²) in [6.45, 7) is 1.78. The molecule has 0 unspecified atom stereocenters. The Morgan fingerprint density at radius 1 is 1.40 bits per heavy atom. The first-order valence-electron chi connectivity index (χ1n) is 4.90. The molecule has 0 aliphatic carbocycles. The van der Waals surface area contributed by atoms with Gasteiger partial charge < -0.3 is 21.3 Å². The van der Waals surface area contributed by atoms with E-state index in [1.807, 2.05) is 0 Å². The summed E-state index contributed by atoms with van der Waals surface area (Å²) >= 11 is 0. The number of amides is 1. The fraction of sp³-hybridized carbons (Fsp3) is 0.778. The lowest BCUT2D eigenvalue weighted by atomic mass is 10.1. The highest BCUT2D eigenvalue weighted by molar-refractivity contribution is 5.85. The maximum Gasteiger partial charge on any atom is 0.326 e. The van der Waals surface area contributed by atoms with Gasteiger partial charge in [-0.05, 0) is 32.7 Å². The number of aliphatic hydroxyl groups excluding tert-OH is 1. The average Bonchev–Trinajstić information content (AvgIpc) is 2.15. The number of hydrogen-bond acceptors (Lipinski definition) is 4. The van der Waals surface area contributed by atoms with Crippen LogP contribution in [0, 0.1) is 0 Å². The van der Waals surface area contributed by atoms with Crippen LogP contribution in [0.15, 0.2) is 0 Å². The molecule has 2 atom stereocenters. The monoisotopic (exact) mass is 218 g/mol. The maximum atomic E-state index is 11.0. The average molecular weight is 218 g/mol. The fourth-order valence-electron chi connectivity index (χ4n) is 1.04. The third-order valence-corrected chi connectivity index (χ3v) is 1.94. The summed E-state index contributed by atoms with van der Waals surface area (Å²) < 4.78 is 0. The Bertz CT molecular complexity index is 218. The van der Waals surface area contributed by atoms with E-state index in [0.29, 0.717) is 25.8 Å². The molecule has 15 heavy (non-hydrogen) atoms. The summed E-state index contributed by atoms with van der Waals surface area (Å²) in [4.78, 5) is 21.8. The van der Waals surface area contributed by atoms with Crippen molar-refractivity contribution in [2.24, 2.45) is 5.73 Å². The van der Waals surface area contributed by atoms with Gasteiger partial charge >= 0.3 is 5.97 Å². The topological polar surface area (TPSA) is 113 Å². The minimum Gasteiger partial charge on any atom is -0.480 e. The van der Waals surface area contributed by atoms with Crippen LogP contribution in [0.25, 0.3) is 0 Å². The zero-order valence-corrected chi connectivity index (χ0v) is 8.77. The van der Waals surface area contributed by atoms with Crippen LogP contribution in [-0.2, 0) is 9.59 Å². The van der Waals surface area contributed by atoms with E-state index >= 15 is 0 Å². The van der Waals surface area contributed by atoms with Gasteiger partial charge in [-0.3, -0.25) is 4.79 Å². The highest BCUT2D eigenvalue weighted by Gasteiger charge is 2.21. The summed E-state index contributed by atoms with van der Waals surface area (Å²) in [7, 11) is 0. The number of rotatable bonds is 7. The van der Waals surface area contributed by atoms with Gasteiger partial charge in [0.1, 0.15) is 12.1 Å². The molecular formula is C9H18N2O4. The lowest BCUT2D eigenvalue weighted by molar-refractivity contribution is -0.143. The third-order valence-electron chi connectivity index (χ3n) is 1.94. The number of hydrogen-bond donors (Lipinski definition) is 4. The Kier molecular flexibility index (Phi) is 6.64. The molecule has 0 bridgehead atoms. The highest BCUT2D eigenvalue weighted by Crippen LogP contribution is 2.01. The SMILES string of the molecule is C[C@@H](O)C(=O)N[C@@H](CCCCN)C(=O)O. The molecule has 0 radical (unpaired) electrons. The van der Waals surface area contributed by atoms with Crippen LogP contribution < -0.4 is 11.1 Å². The van der Waals surface area contributed by atoms with E-state index < -0.39 is 24.0 Å². The van der Waals surface area contributed by atoms with Crippen LogP contribution in [0.4, 0.5) is 0 Å². The van der Waals surface area contributed by atoms with Gasteiger partial charge in [-0.1, -0.05) is 0 Å². The van der Waals surface area contributed by atoms with Gasteiger partial charge in [0.2, 0.25) is 5.91 Å². The van der Waals surface area contributed by atoms with E-state index in [9.17, 15) is 9.59 Å². The number of nitrogens with one attached hydrogen (secondary N) is 1. The molecule has 0 aromatic carbocycles. The molecule has 1 amide bonds.